The van der Waals surface area contributed by atoms with Crippen LogP contribution in [-0.4, -0.2) is 6.09 Å². The smallest absolute Gasteiger partial charge is 0.409 e. The van der Waals surface area contributed by atoms with Crippen molar-refractivity contribution in [2.45, 2.75) is 18.8 Å². The maximum absolute atomic E-state index is 12.9. The SMILES string of the molecule is NC(=O)Oc1ccc(F)cc1C1CC1. The first-order valence-electron chi connectivity index (χ1n) is 4.43. The molecule has 1 aliphatic carbocycles. The maximum Gasteiger partial charge on any atom is 0.409 e. The molecule has 1 aliphatic rings. The predicted molar refractivity (Wildman–Crippen MR) is 48.6 cm³/mol. The fraction of sp³-hybridized carbons (Fsp3) is 0.300. The molecule has 3 nitrogen and oxygen atoms in total. The number of amides is 1. The van der Waals surface area contributed by atoms with Crippen LogP contribution in [0.2, 0.25) is 0 Å². The van der Waals surface area contributed by atoms with Crippen molar-refractivity contribution in [1.29, 1.82) is 0 Å². The van der Waals surface area contributed by atoms with E-state index in [4.69, 9.17) is 10.5 Å². The highest BCUT2D eigenvalue weighted by Crippen LogP contribution is 2.44. The van der Waals surface area contributed by atoms with Gasteiger partial charge >= 0.3 is 6.09 Å². The molecular formula is C10H10FNO2. The van der Waals surface area contributed by atoms with Crippen molar-refractivity contribution in [3.05, 3.63) is 29.6 Å². The van der Waals surface area contributed by atoms with Crippen LogP contribution in [0, 0.1) is 5.82 Å². The topological polar surface area (TPSA) is 52.3 Å². The summed E-state index contributed by atoms with van der Waals surface area (Å²) in [6.07, 6.45) is 1.16. The lowest BCUT2D eigenvalue weighted by atomic mass is 10.1. The summed E-state index contributed by atoms with van der Waals surface area (Å²) in [7, 11) is 0. The third kappa shape index (κ3) is 1.84. The second-order valence-corrected chi connectivity index (χ2v) is 3.38. The van der Waals surface area contributed by atoms with Gasteiger partial charge in [0.05, 0.1) is 0 Å². The molecule has 1 saturated carbocycles. The number of nitrogens with two attached hydrogens (primary N) is 1. The van der Waals surface area contributed by atoms with Crippen LogP contribution < -0.4 is 10.5 Å². The molecule has 14 heavy (non-hydrogen) atoms. The van der Waals surface area contributed by atoms with Crippen LogP contribution in [-0.2, 0) is 0 Å². The molecule has 1 aromatic rings. The van der Waals surface area contributed by atoms with E-state index in [-0.39, 0.29) is 5.82 Å². The summed E-state index contributed by atoms with van der Waals surface area (Å²) in [4.78, 5) is 10.6. The predicted octanol–water partition coefficient (Wildman–Crippen LogP) is 2.16. The van der Waals surface area contributed by atoms with Crippen molar-refractivity contribution in [1.82, 2.24) is 0 Å². The Hall–Kier alpha value is -1.58. The van der Waals surface area contributed by atoms with E-state index in [0.717, 1.165) is 18.4 Å². The zero-order chi connectivity index (χ0) is 10.1. The van der Waals surface area contributed by atoms with Gasteiger partial charge < -0.3 is 10.5 Å². The Kier molecular flexibility index (Phi) is 2.11. The summed E-state index contributed by atoms with van der Waals surface area (Å²) in [6.45, 7) is 0. The van der Waals surface area contributed by atoms with Crippen LogP contribution in [0.5, 0.6) is 5.75 Å². The van der Waals surface area contributed by atoms with Gasteiger partial charge in [-0.1, -0.05) is 0 Å². The lowest BCUT2D eigenvalue weighted by Crippen LogP contribution is -2.17. The van der Waals surface area contributed by atoms with Crippen LogP contribution in [0.4, 0.5) is 9.18 Å². The van der Waals surface area contributed by atoms with E-state index in [0.29, 0.717) is 11.7 Å². The first-order valence-corrected chi connectivity index (χ1v) is 4.43. The van der Waals surface area contributed by atoms with E-state index in [1.54, 1.807) is 0 Å². The number of carbonyl (C=O) groups excluding carboxylic acids is 1. The fourth-order valence-electron chi connectivity index (χ4n) is 1.43. The number of rotatable bonds is 2. The minimum atomic E-state index is -0.862. The Balaban J connectivity index is 2.32. The quantitative estimate of drug-likeness (QED) is 0.786. The molecule has 74 valence electrons. The summed E-state index contributed by atoms with van der Waals surface area (Å²) in [5.41, 5.74) is 5.64. The summed E-state index contributed by atoms with van der Waals surface area (Å²) in [5.74, 6) is 0.380. The molecule has 0 spiro atoms. The molecular weight excluding hydrogens is 185 g/mol. The van der Waals surface area contributed by atoms with Gasteiger partial charge in [0.2, 0.25) is 0 Å². The molecule has 1 fully saturated rings. The third-order valence-corrected chi connectivity index (χ3v) is 2.20. The normalized spacial score (nSPS) is 15.2. The van der Waals surface area contributed by atoms with E-state index in [9.17, 15) is 9.18 Å². The molecule has 0 saturated heterocycles. The summed E-state index contributed by atoms with van der Waals surface area (Å²) >= 11 is 0. The average molecular weight is 195 g/mol. The zero-order valence-corrected chi connectivity index (χ0v) is 7.50. The fourth-order valence-corrected chi connectivity index (χ4v) is 1.43. The van der Waals surface area contributed by atoms with Crippen molar-refractivity contribution >= 4 is 6.09 Å². The van der Waals surface area contributed by atoms with E-state index in [1.807, 2.05) is 0 Å². The molecule has 1 amide bonds. The highest BCUT2D eigenvalue weighted by molar-refractivity contribution is 5.68. The molecule has 0 aromatic heterocycles. The first-order chi connectivity index (χ1) is 6.66. The van der Waals surface area contributed by atoms with E-state index in [1.165, 1.54) is 18.2 Å². The molecule has 0 unspecified atom stereocenters. The number of carbonyl (C=O) groups is 1. The number of hydrogen-bond acceptors (Lipinski definition) is 2. The van der Waals surface area contributed by atoms with Gasteiger partial charge in [0, 0.05) is 5.56 Å². The monoisotopic (exact) mass is 195 g/mol. The van der Waals surface area contributed by atoms with E-state index in [2.05, 4.69) is 0 Å². The first kappa shape index (κ1) is 8.99. The number of halogens is 1. The number of ether oxygens (including phenoxy) is 1. The Labute approximate surface area is 80.7 Å². The van der Waals surface area contributed by atoms with Gasteiger partial charge in [0.1, 0.15) is 11.6 Å². The average Bonchev–Trinajstić information content (AvgIpc) is 2.90. The standard InChI is InChI=1S/C10H10FNO2/c11-7-3-4-9(14-10(12)13)8(5-7)6-1-2-6/h3-6H,1-2H2,(H2,12,13). The Morgan fingerprint density at radius 3 is 2.79 bits per heavy atom. The van der Waals surface area contributed by atoms with Crippen LogP contribution in [0.25, 0.3) is 0 Å². The minimum absolute atomic E-state index is 0.316. The summed E-state index contributed by atoms with van der Waals surface area (Å²) in [6, 6.07) is 4.09. The van der Waals surface area contributed by atoms with Crippen molar-refractivity contribution in [3.63, 3.8) is 0 Å². The van der Waals surface area contributed by atoms with Gasteiger partial charge in [0.25, 0.3) is 0 Å². The van der Waals surface area contributed by atoms with Gasteiger partial charge in [-0.05, 0) is 37.0 Å². The lowest BCUT2D eigenvalue weighted by Gasteiger charge is -2.07. The minimum Gasteiger partial charge on any atom is -0.410 e. The van der Waals surface area contributed by atoms with Crippen molar-refractivity contribution in [3.8, 4) is 5.75 Å². The molecule has 2 rings (SSSR count). The highest BCUT2D eigenvalue weighted by atomic mass is 19.1. The molecule has 0 aliphatic heterocycles. The molecule has 2 N–H and O–H groups in total. The summed E-state index contributed by atoms with van der Waals surface area (Å²) in [5, 5.41) is 0. The van der Waals surface area contributed by atoms with Crippen molar-refractivity contribution < 1.29 is 13.9 Å². The molecule has 4 heteroatoms. The second-order valence-electron chi connectivity index (χ2n) is 3.38. The molecule has 0 bridgehead atoms. The van der Waals surface area contributed by atoms with Gasteiger partial charge in [-0.15, -0.1) is 0 Å². The van der Waals surface area contributed by atoms with Crippen LogP contribution in [0.1, 0.15) is 24.3 Å². The van der Waals surface area contributed by atoms with Crippen LogP contribution >= 0.6 is 0 Å². The zero-order valence-electron chi connectivity index (χ0n) is 7.50. The Bertz CT molecular complexity index is 374. The Morgan fingerprint density at radius 2 is 2.21 bits per heavy atom. The van der Waals surface area contributed by atoms with Gasteiger partial charge in [0.15, 0.2) is 0 Å². The molecule has 0 atom stereocenters. The van der Waals surface area contributed by atoms with Gasteiger partial charge in [-0.25, -0.2) is 9.18 Å². The van der Waals surface area contributed by atoms with Gasteiger partial charge in [-0.3, -0.25) is 0 Å². The van der Waals surface area contributed by atoms with Crippen LogP contribution in [0.3, 0.4) is 0 Å². The highest BCUT2D eigenvalue weighted by Gasteiger charge is 2.27. The van der Waals surface area contributed by atoms with Crippen LogP contribution in [0.15, 0.2) is 18.2 Å². The molecule has 1 aromatic carbocycles. The lowest BCUT2D eigenvalue weighted by molar-refractivity contribution is 0.210. The third-order valence-electron chi connectivity index (χ3n) is 2.20. The number of benzene rings is 1. The van der Waals surface area contributed by atoms with Crippen molar-refractivity contribution in [2.75, 3.05) is 0 Å². The summed E-state index contributed by atoms with van der Waals surface area (Å²) < 4.78 is 17.7. The van der Waals surface area contributed by atoms with E-state index >= 15 is 0 Å². The number of primary amides is 1. The maximum atomic E-state index is 12.9. The largest absolute Gasteiger partial charge is 0.410 e. The Morgan fingerprint density at radius 1 is 1.50 bits per heavy atom. The number of hydrogen-bond donors (Lipinski definition) is 1. The molecule has 0 heterocycles. The van der Waals surface area contributed by atoms with Gasteiger partial charge in [-0.2, -0.15) is 0 Å². The molecule has 0 radical (unpaired) electrons. The second kappa shape index (κ2) is 3.29. The van der Waals surface area contributed by atoms with Crippen molar-refractivity contribution in [2.24, 2.45) is 5.73 Å². The van der Waals surface area contributed by atoms with E-state index < -0.39 is 6.09 Å².